The van der Waals surface area contributed by atoms with Gasteiger partial charge in [0.05, 0.1) is 12.6 Å². The normalized spacial score (nSPS) is 17.5. The van der Waals surface area contributed by atoms with Gasteiger partial charge in [-0.3, -0.25) is 0 Å². The van der Waals surface area contributed by atoms with E-state index in [1.165, 1.54) is 30.4 Å². The molecule has 1 fully saturated rings. The average Bonchev–Trinajstić information content (AvgIpc) is 3.17. The molecule has 19 heavy (non-hydrogen) atoms. The number of rotatable bonds is 6. The van der Waals surface area contributed by atoms with Crippen molar-refractivity contribution in [3.05, 3.63) is 35.4 Å². The summed E-state index contributed by atoms with van der Waals surface area (Å²) in [5.41, 5.74) is 8.87. The standard InChI is InChI=1S/C17H27NO/c1-17(2,3)15-8-6-14(7-9-15)16(18)12-19-11-10-13-4-5-13/h6-9,13,16H,4-5,10-12,18H2,1-3H3. The van der Waals surface area contributed by atoms with Gasteiger partial charge in [-0.1, -0.05) is 57.9 Å². The molecule has 106 valence electrons. The molecule has 2 heteroatoms. The molecule has 2 rings (SSSR count). The molecule has 1 saturated carbocycles. The van der Waals surface area contributed by atoms with Crippen LogP contribution in [-0.4, -0.2) is 13.2 Å². The van der Waals surface area contributed by atoms with Gasteiger partial charge >= 0.3 is 0 Å². The van der Waals surface area contributed by atoms with Crippen molar-refractivity contribution in [1.82, 2.24) is 0 Å². The third kappa shape index (κ3) is 4.63. The van der Waals surface area contributed by atoms with Crippen LogP contribution in [0.4, 0.5) is 0 Å². The Balaban J connectivity index is 1.79. The van der Waals surface area contributed by atoms with Crippen LogP contribution in [0.5, 0.6) is 0 Å². The molecule has 0 amide bonds. The van der Waals surface area contributed by atoms with Crippen LogP contribution >= 0.6 is 0 Å². The maximum atomic E-state index is 6.16. The van der Waals surface area contributed by atoms with Gasteiger partial charge in [0.15, 0.2) is 0 Å². The average molecular weight is 261 g/mol. The van der Waals surface area contributed by atoms with Crippen LogP contribution in [0.2, 0.25) is 0 Å². The summed E-state index contributed by atoms with van der Waals surface area (Å²) in [6, 6.07) is 8.62. The minimum Gasteiger partial charge on any atom is -0.379 e. The molecule has 0 aliphatic heterocycles. The van der Waals surface area contributed by atoms with E-state index < -0.39 is 0 Å². The van der Waals surface area contributed by atoms with Crippen LogP contribution in [-0.2, 0) is 10.2 Å². The highest BCUT2D eigenvalue weighted by molar-refractivity contribution is 5.29. The van der Waals surface area contributed by atoms with E-state index in [1.807, 2.05) is 0 Å². The zero-order valence-corrected chi connectivity index (χ0v) is 12.5. The Bertz CT molecular complexity index is 387. The van der Waals surface area contributed by atoms with Crippen molar-refractivity contribution >= 4 is 0 Å². The summed E-state index contributed by atoms with van der Waals surface area (Å²) in [7, 11) is 0. The molecule has 1 aliphatic rings. The van der Waals surface area contributed by atoms with Gasteiger partial charge in [-0.05, 0) is 28.9 Å². The SMILES string of the molecule is CC(C)(C)c1ccc(C(N)COCCC2CC2)cc1. The second-order valence-corrected chi connectivity index (χ2v) is 6.79. The van der Waals surface area contributed by atoms with Gasteiger partial charge in [-0.25, -0.2) is 0 Å². The Morgan fingerprint density at radius 3 is 2.37 bits per heavy atom. The van der Waals surface area contributed by atoms with Crippen LogP contribution in [0.1, 0.15) is 57.2 Å². The lowest BCUT2D eigenvalue weighted by Crippen LogP contribution is -2.18. The van der Waals surface area contributed by atoms with E-state index in [-0.39, 0.29) is 11.5 Å². The molecule has 0 spiro atoms. The molecule has 2 N–H and O–H groups in total. The quantitative estimate of drug-likeness (QED) is 0.790. The summed E-state index contributed by atoms with van der Waals surface area (Å²) >= 11 is 0. The Hall–Kier alpha value is -0.860. The van der Waals surface area contributed by atoms with Gasteiger partial charge in [0.25, 0.3) is 0 Å². The van der Waals surface area contributed by atoms with Gasteiger partial charge < -0.3 is 10.5 Å². The fourth-order valence-corrected chi connectivity index (χ4v) is 2.19. The Morgan fingerprint density at radius 1 is 1.21 bits per heavy atom. The van der Waals surface area contributed by atoms with Crippen molar-refractivity contribution in [1.29, 1.82) is 0 Å². The van der Waals surface area contributed by atoms with E-state index in [0.717, 1.165) is 12.5 Å². The fourth-order valence-electron chi connectivity index (χ4n) is 2.19. The minimum absolute atomic E-state index is 0.00628. The summed E-state index contributed by atoms with van der Waals surface area (Å²) in [4.78, 5) is 0. The Kier molecular flexibility index (Phi) is 4.64. The van der Waals surface area contributed by atoms with Crippen LogP contribution in [0.3, 0.4) is 0 Å². The molecule has 1 unspecified atom stereocenters. The minimum atomic E-state index is -0.00628. The first-order chi connectivity index (χ1) is 8.97. The van der Waals surface area contributed by atoms with Crippen LogP contribution < -0.4 is 5.73 Å². The zero-order chi connectivity index (χ0) is 13.9. The molecule has 1 atom stereocenters. The smallest absolute Gasteiger partial charge is 0.0659 e. The van der Waals surface area contributed by atoms with Crippen molar-refractivity contribution in [3.8, 4) is 0 Å². The van der Waals surface area contributed by atoms with Crippen LogP contribution in [0.15, 0.2) is 24.3 Å². The second-order valence-electron chi connectivity index (χ2n) is 6.79. The number of benzene rings is 1. The summed E-state index contributed by atoms with van der Waals surface area (Å²) in [6.45, 7) is 8.16. The molecule has 0 bridgehead atoms. The maximum Gasteiger partial charge on any atom is 0.0659 e. The number of hydrogen-bond acceptors (Lipinski definition) is 2. The van der Waals surface area contributed by atoms with E-state index in [2.05, 4.69) is 45.0 Å². The molecule has 1 aromatic carbocycles. The topological polar surface area (TPSA) is 35.2 Å². The lowest BCUT2D eigenvalue weighted by atomic mass is 9.86. The monoisotopic (exact) mass is 261 g/mol. The fraction of sp³-hybridized carbons (Fsp3) is 0.647. The number of nitrogens with two attached hydrogens (primary N) is 1. The van der Waals surface area contributed by atoms with E-state index in [1.54, 1.807) is 0 Å². The van der Waals surface area contributed by atoms with E-state index in [9.17, 15) is 0 Å². The van der Waals surface area contributed by atoms with Gasteiger partial charge in [0.1, 0.15) is 0 Å². The molecule has 0 saturated heterocycles. The highest BCUT2D eigenvalue weighted by Crippen LogP contribution is 2.32. The molecular weight excluding hydrogens is 234 g/mol. The lowest BCUT2D eigenvalue weighted by Gasteiger charge is -2.20. The van der Waals surface area contributed by atoms with Crippen molar-refractivity contribution in [2.45, 2.75) is 51.5 Å². The molecular formula is C17H27NO. The number of hydrogen-bond donors (Lipinski definition) is 1. The predicted octanol–water partition coefficient (Wildman–Crippen LogP) is 3.80. The van der Waals surface area contributed by atoms with Gasteiger partial charge in [-0.15, -0.1) is 0 Å². The van der Waals surface area contributed by atoms with E-state index >= 15 is 0 Å². The summed E-state index contributed by atoms with van der Waals surface area (Å²) in [5, 5.41) is 0. The van der Waals surface area contributed by atoms with Crippen molar-refractivity contribution in [2.24, 2.45) is 11.7 Å². The highest BCUT2D eigenvalue weighted by Gasteiger charge is 2.20. The van der Waals surface area contributed by atoms with Crippen LogP contribution in [0.25, 0.3) is 0 Å². The predicted molar refractivity (Wildman–Crippen MR) is 80.2 cm³/mol. The lowest BCUT2D eigenvalue weighted by molar-refractivity contribution is 0.115. The van der Waals surface area contributed by atoms with Crippen molar-refractivity contribution < 1.29 is 4.74 Å². The number of ether oxygens (including phenoxy) is 1. The second kappa shape index (κ2) is 6.06. The molecule has 0 aromatic heterocycles. The third-order valence-corrected chi connectivity index (χ3v) is 3.87. The van der Waals surface area contributed by atoms with Gasteiger partial charge in [-0.2, -0.15) is 0 Å². The third-order valence-electron chi connectivity index (χ3n) is 3.87. The van der Waals surface area contributed by atoms with Crippen molar-refractivity contribution in [3.63, 3.8) is 0 Å². The largest absolute Gasteiger partial charge is 0.379 e. The van der Waals surface area contributed by atoms with E-state index in [4.69, 9.17) is 10.5 Å². The van der Waals surface area contributed by atoms with Gasteiger partial charge in [0, 0.05) is 6.61 Å². The molecule has 1 aliphatic carbocycles. The van der Waals surface area contributed by atoms with Crippen molar-refractivity contribution in [2.75, 3.05) is 13.2 Å². The Labute approximate surface area is 117 Å². The first-order valence-corrected chi connectivity index (χ1v) is 7.40. The highest BCUT2D eigenvalue weighted by atomic mass is 16.5. The Morgan fingerprint density at radius 2 is 1.84 bits per heavy atom. The first-order valence-electron chi connectivity index (χ1n) is 7.40. The van der Waals surface area contributed by atoms with Crippen LogP contribution in [0, 0.1) is 5.92 Å². The summed E-state index contributed by atoms with van der Waals surface area (Å²) in [5.74, 6) is 0.933. The zero-order valence-electron chi connectivity index (χ0n) is 12.5. The molecule has 2 nitrogen and oxygen atoms in total. The summed E-state index contributed by atoms with van der Waals surface area (Å²) in [6.07, 6.45) is 3.99. The first kappa shape index (κ1) is 14.5. The maximum absolute atomic E-state index is 6.16. The molecule has 0 heterocycles. The van der Waals surface area contributed by atoms with E-state index in [0.29, 0.717) is 6.61 Å². The van der Waals surface area contributed by atoms with Gasteiger partial charge in [0.2, 0.25) is 0 Å². The molecule has 0 radical (unpaired) electrons. The molecule has 1 aromatic rings. The summed E-state index contributed by atoms with van der Waals surface area (Å²) < 4.78 is 5.67.